The second-order valence-electron chi connectivity index (χ2n) is 9.49. The average Bonchev–Trinajstić information content (AvgIpc) is 3.28. The number of amides is 1. The Hall–Kier alpha value is -1.29. The highest BCUT2D eigenvalue weighted by Gasteiger charge is 2.94. The molecule has 1 spiro atoms. The van der Waals surface area contributed by atoms with E-state index in [0.717, 1.165) is 5.69 Å². The van der Waals surface area contributed by atoms with E-state index in [1.165, 1.54) is 0 Å². The van der Waals surface area contributed by atoms with Crippen molar-refractivity contribution in [2.45, 2.75) is 58.0 Å². The molecule has 4 heteroatoms. The van der Waals surface area contributed by atoms with Crippen LogP contribution in [0.3, 0.4) is 0 Å². The predicted octanol–water partition coefficient (Wildman–Crippen LogP) is 4.56. The zero-order valence-corrected chi connectivity index (χ0v) is 17.4. The van der Waals surface area contributed by atoms with Gasteiger partial charge in [-0.3, -0.25) is 9.59 Å². The van der Waals surface area contributed by atoms with Crippen LogP contribution in [0.1, 0.15) is 48.5 Å². The van der Waals surface area contributed by atoms with E-state index in [-0.39, 0.29) is 21.9 Å². The Balaban J connectivity index is 2.11. The summed E-state index contributed by atoms with van der Waals surface area (Å²) in [5, 5.41) is 0. The molecule has 0 N–H and O–H groups in total. The minimum absolute atomic E-state index is 0.102. The molecule has 136 valence electrons. The van der Waals surface area contributed by atoms with Crippen LogP contribution in [0.25, 0.3) is 0 Å². The molecule has 2 fully saturated rings. The molecule has 0 unspecified atom stereocenters. The van der Waals surface area contributed by atoms with Crippen LogP contribution in [0.4, 0.5) is 5.69 Å². The number of hydrogen-bond donors (Lipinski definition) is 0. The van der Waals surface area contributed by atoms with Gasteiger partial charge in [0.05, 0.1) is 4.75 Å². The number of hydrogen-bond acceptors (Lipinski definition) is 3. The van der Waals surface area contributed by atoms with Crippen molar-refractivity contribution in [3.8, 4) is 0 Å². The van der Waals surface area contributed by atoms with Crippen LogP contribution in [0, 0.1) is 16.2 Å². The van der Waals surface area contributed by atoms with Gasteiger partial charge in [0.25, 0.3) is 0 Å². The molecule has 1 atom stereocenters. The van der Waals surface area contributed by atoms with Crippen molar-refractivity contribution < 1.29 is 9.59 Å². The van der Waals surface area contributed by atoms with Crippen molar-refractivity contribution in [2.24, 2.45) is 16.2 Å². The maximum Gasteiger partial charge on any atom is 0.245 e. The molecule has 0 radical (unpaired) electrons. The van der Waals surface area contributed by atoms with Gasteiger partial charge in [0, 0.05) is 23.6 Å². The van der Waals surface area contributed by atoms with Gasteiger partial charge in [0.2, 0.25) is 5.91 Å². The molecule has 0 aromatic heterocycles. The second kappa shape index (κ2) is 4.91. The quantitative estimate of drug-likeness (QED) is 0.727. The van der Waals surface area contributed by atoms with Gasteiger partial charge in [0.15, 0.2) is 0 Å². The van der Waals surface area contributed by atoms with Gasteiger partial charge in [-0.05, 0) is 17.5 Å². The SMILES string of the molecule is CN(C(=O)[C@@]1(C(C)(C)C)SC12C(C)(C)C(=O)C2(C)C)c1ccccc1. The fourth-order valence-electron chi connectivity index (χ4n) is 5.36. The van der Waals surface area contributed by atoms with Gasteiger partial charge in [0.1, 0.15) is 10.5 Å². The van der Waals surface area contributed by atoms with Crippen molar-refractivity contribution in [1.29, 1.82) is 0 Å². The number of anilines is 1. The molecule has 1 aromatic carbocycles. The first kappa shape index (κ1) is 18.5. The van der Waals surface area contributed by atoms with E-state index in [4.69, 9.17) is 0 Å². The predicted molar refractivity (Wildman–Crippen MR) is 105 cm³/mol. The molecule has 0 bridgehead atoms. The third-order valence-corrected chi connectivity index (χ3v) is 9.29. The fourth-order valence-corrected chi connectivity index (χ4v) is 7.90. The minimum Gasteiger partial charge on any atom is -0.314 e. The lowest BCUT2D eigenvalue weighted by atomic mass is 9.41. The number of carbonyl (C=O) groups is 2. The molecule has 1 amide bonds. The third-order valence-electron chi connectivity index (χ3n) is 6.46. The summed E-state index contributed by atoms with van der Waals surface area (Å²) in [6.45, 7) is 14.4. The summed E-state index contributed by atoms with van der Waals surface area (Å²) in [5.74, 6) is 0.360. The Morgan fingerprint density at radius 2 is 1.48 bits per heavy atom. The van der Waals surface area contributed by atoms with E-state index < -0.39 is 15.6 Å². The molecule has 1 aliphatic carbocycles. The molecule has 1 heterocycles. The van der Waals surface area contributed by atoms with E-state index in [2.05, 4.69) is 20.8 Å². The van der Waals surface area contributed by atoms with Gasteiger partial charge in [-0.25, -0.2) is 0 Å². The molecular formula is C21H29NO2S. The van der Waals surface area contributed by atoms with Crippen LogP contribution in [0.5, 0.6) is 0 Å². The van der Waals surface area contributed by atoms with Crippen LogP contribution in [0.15, 0.2) is 30.3 Å². The first-order chi connectivity index (χ1) is 11.3. The number of Topliss-reactive ketones (excluding diaryl/α,β-unsaturated/α-hetero) is 1. The normalized spacial score (nSPS) is 28.4. The van der Waals surface area contributed by atoms with E-state index in [9.17, 15) is 9.59 Å². The van der Waals surface area contributed by atoms with Crippen molar-refractivity contribution in [3.05, 3.63) is 30.3 Å². The maximum atomic E-state index is 13.8. The zero-order valence-electron chi connectivity index (χ0n) is 16.6. The van der Waals surface area contributed by atoms with E-state index in [1.807, 2.05) is 65.1 Å². The lowest BCUT2D eigenvalue weighted by Gasteiger charge is -2.59. The summed E-state index contributed by atoms with van der Waals surface area (Å²) < 4.78 is -0.964. The summed E-state index contributed by atoms with van der Waals surface area (Å²) >= 11 is 1.72. The molecule has 1 saturated carbocycles. The Morgan fingerprint density at radius 1 is 1.00 bits per heavy atom. The van der Waals surface area contributed by atoms with Crippen LogP contribution in [-0.4, -0.2) is 28.2 Å². The lowest BCUT2D eigenvalue weighted by molar-refractivity contribution is -0.162. The first-order valence-corrected chi connectivity index (χ1v) is 9.69. The molecule has 1 aliphatic heterocycles. The molecule has 25 heavy (non-hydrogen) atoms. The number of nitrogens with zero attached hydrogens (tertiary/aromatic N) is 1. The van der Waals surface area contributed by atoms with Crippen LogP contribution < -0.4 is 4.90 Å². The summed E-state index contributed by atoms with van der Waals surface area (Å²) in [6, 6.07) is 9.75. The molecule has 1 saturated heterocycles. The first-order valence-electron chi connectivity index (χ1n) is 8.87. The highest BCUT2D eigenvalue weighted by molar-refractivity contribution is 8.11. The number of para-hydroxylation sites is 1. The standard InChI is InChI=1S/C21H29NO2S/c1-17(2,3)20(16(24)22(8)14-12-10-9-11-13-14)21(25-20)18(4,5)15(23)19(21,6)7/h9-13H,1-8H3/t20-/m0/s1. The highest BCUT2D eigenvalue weighted by Crippen LogP contribution is 2.88. The zero-order chi connectivity index (χ0) is 19.1. The van der Waals surface area contributed by atoms with Crippen molar-refractivity contribution in [3.63, 3.8) is 0 Å². The number of ketones is 1. The Morgan fingerprint density at radius 3 is 1.92 bits per heavy atom. The third kappa shape index (κ3) is 1.84. The van der Waals surface area contributed by atoms with E-state index in [1.54, 1.807) is 16.7 Å². The smallest absolute Gasteiger partial charge is 0.245 e. The molecule has 3 nitrogen and oxygen atoms in total. The summed E-state index contributed by atoms with van der Waals surface area (Å²) in [5.41, 5.74) is -0.365. The second-order valence-corrected chi connectivity index (χ2v) is 10.9. The summed E-state index contributed by atoms with van der Waals surface area (Å²) in [4.78, 5) is 28.3. The van der Waals surface area contributed by atoms with E-state index >= 15 is 0 Å². The van der Waals surface area contributed by atoms with Crippen molar-refractivity contribution >= 4 is 29.1 Å². The number of benzene rings is 1. The maximum absolute atomic E-state index is 13.8. The number of thioether (sulfide) groups is 1. The van der Waals surface area contributed by atoms with Crippen LogP contribution in [-0.2, 0) is 9.59 Å². The summed E-state index contributed by atoms with van der Waals surface area (Å²) in [7, 11) is 1.85. The largest absolute Gasteiger partial charge is 0.314 e. The van der Waals surface area contributed by atoms with Gasteiger partial charge in [-0.15, -0.1) is 11.8 Å². The van der Waals surface area contributed by atoms with Crippen LogP contribution >= 0.6 is 11.8 Å². The average molecular weight is 360 g/mol. The fraction of sp³-hybridized carbons (Fsp3) is 0.619. The Kier molecular flexibility index (Phi) is 3.63. The number of carbonyl (C=O) groups excluding carboxylic acids is 2. The molecule has 2 aliphatic rings. The molecule has 3 rings (SSSR count). The Labute approximate surface area is 155 Å². The van der Waals surface area contributed by atoms with Crippen LogP contribution in [0.2, 0.25) is 0 Å². The van der Waals surface area contributed by atoms with Crippen molar-refractivity contribution in [1.82, 2.24) is 0 Å². The molecule has 1 aromatic rings. The highest BCUT2D eigenvalue weighted by atomic mass is 32.2. The topological polar surface area (TPSA) is 37.4 Å². The van der Waals surface area contributed by atoms with E-state index in [0.29, 0.717) is 0 Å². The minimum atomic E-state index is -0.606. The molecular weight excluding hydrogens is 330 g/mol. The van der Waals surface area contributed by atoms with Gasteiger partial charge in [-0.1, -0.05) is 66.7 Å². The van der Waals surface area contributed by atoms with Crippen molar-refractivity contribution in [2.75, 3.05) is 11.9 Å². The number of rotatable bonds is 2. The van der Waals surface area contributed by atoms with Gasteiger partial charge in [-0.2, -0.15) is 0 Å². The lowest BCUT2D eigenvalue weighted by Crippen LogP contribution is -2.73. The van der Waals surface area contributed by atoms with Gasteiger partial charge >= 0.3 is 0 Å². The van der Waals surface area contributed by atoms with Gasteiger partial charge < -0.3 is 4.90 Å². The Bertz CT molecular complexity index is 727. The summed E-state index contributed by atoms with van der Waals surface area (Å²) in [6.07, 6.45) is 0. The monoisotopic (exact) mass is 359 g/mol.